The van der Waals surface area contributed by atoms with E-state index in [4.69, 9.17) is 8.83 Å². The summed E-state index contributed by atoms with van der Waals surface area (Å²) in [5, 5.41) is 36.4. The van der Waals surface area contributed by atoms with Crippen molar-refractivity contribution in [1.29, 1.82) is 0 Å². The van der Waals surface area contributed by atoms with Crippen molar-refractivity contribution >= 4 is 246 Å². The number of rotatable bonds is 1. The maximum absolute atomic E-state index is 6.40. The van der Waals surface area contributed by atoms with Crippen molar-refractivity contribution in [3.8, 4) is 55.6 Å². The first-order valence-electron chi connectivity index (χ1n) is 47.8. The number of H-pyrrole nitrogens is 1. The number of thiophene rings is 3. The first-order chi connectivity index (χ1) is 68.3. The zero-order chi connectivity index (χ0) is 90.1. The van der Waals surface area contributed by atoms with E-state index < -0.39 is 0 Å². The molecule has 4 aliphatic carbocycles. The highest BCUT2D eigenvalue weighted by atomic mass is 32.1. The molecule has 6 heteroatoms. The molecule has 0 saturated heterocycles. The van der Waals surface area contributed by atoms with Gasteiger partial charge in [-0.05, 0) is 276 Å². The minimum atomic E-state index is 0.938. The number of hydrogen-bond donors (Lipinski definition) is 1. The number of fused-ring (bicyclic) bond motifs is 45. The van der Waals surface area contributed by atoms with Crippen LogP contribution in [-0.4, -0.2) is 4.98 Å². The van der Waals surface area contributed by atoms with Gasteiger partial charge in [0.05, 0.1) is 5.52 Å². The van der Waals surface area contributed by atoms with Crippen LogP contribution in [0.5, 0.6) is 0 Å². The number of furan rings is 2. The average Bonchev–Trinajstić information content (AvgIpc) is 1.58. The second kappa shape index (κ2) is 30.5. The van der Waals surface area contributed by atoms with E-state index >= 15 is 0 Å². The number of benzene rings is 24. The molecule has 0 spiro atoms. The van der Waals surface area contributed by atoms with Gasteiger partial charge in [0.15, 0.2) is 0 Å². The van der Waals surface area contributed by atoms with Crippen molar-refractivity contribution in [1.82, 2.24) is 4.98 Å². The lowest BCUT2D eigenvalue weighted by Gasteiger charge is -2.08. The Morgan fingerprint density at radius 1 is 0.181 bits per heavy atom. The van der Waals surface area contributed by atoms with E-state index in [-0.39, 0.29) is 0 Å². The van der Waals surface area contributed by atoms with Gasteiger partial charge in [0.2, 0.25) is 0 Å². The molecule has 4 aliphatic rings. The van der Waals surface area contributed by atoms with Crippen LogP contribution in [-0.2, 0) is 25.7 Å². The summed E-state index contributed by atoms with van der Waals surface area (Å²) in [7, 11) is 0. The molecule has 30 aromatic rings. The lowest BCUT2D eigenvalue weighted by molar-refractivity contribution is 0.669. The zero-order valence-corrected chi connectivity index (χ0v) is 77.2. The van der Waals surface area contributed by atoms with Crippen LogP contribution in [0.25, 0.3) is 268 Å². The molecule has 0 bridgehead atoms. The second-order valence-electron chi connectivity index (χ2n) is 37.9. The number of para-hydroxylation sites is 1. The Labute approximate surface area is 804 Å². The van der Waals surface area contributed by atoms with Crippen molar-refractivity contribution in [3.63, 3.8) is 0 Å². The van der Waals surface area contributed by atoms with Crippen LogP contribution in [0.3, 0.4) is 0 Å². The molecule has 0 saturated carbocycles. The Morgan fingerprint density at radius 3 is 1.14 bits per heavy atom. The van der Waals surface area contributed by atoms with Gasteiger partial charge < -0.3 is 13.8 Å². The van der Waals surface area contributed by atoms with Gasteiger partial charge in [0.1, 0.15) is 22.3 Å². The van der Waals surface area contributed by atoms with Crippen LogP contribution in [0.4, 0.5) is 0 Å². The fourth-order valence-corrected chi connectivity index (χ4v) is 27.4. The lowest BCUT2D eigenvalue weighted by Crippen LogP contribution is -1.82. The average molecular weight is 1810 g/mol. The third-order valence-electron chi connectivity index (χ3n) is 30.2. The van der Waals surface area contributed by atoms with Crippen molar-refractivity contribution < 1.29 is 8.83 Å². The van der Waals surface area contributed by atoms with Crippen molar-refractivity contribution in [2.24, 2.45) is 0 Å². The smallest absolute Gasteiger partial charge is 0.143 e. The molecule has 6 heterocycles. The summed E-state index contributed by atoms with van der Waals surface area (Å²) in [5.74, 6) is 0. The highest BCUT2D eigenvalue weighted by Crippen LogP contribution is 2.52. The minimum Gasteiger partial charge on any atom is -0.456 e. The van der Waals surface area contributed by atoms with Gasteiger partial charge in [-0.2, -0.15) is 0 Å². The normalized spacial score (nSPS) is 12.7. The Bertz CT molecular complexity index is 10500. The molecule has 6 aromatic heterocycles. The van der Waals surface area contributed by atoms with E-state index in [9.17, 15) is 0 Å². The predicted octanol–water partition coefficient (Wildman–Crippen LogP) is 38.1. The van der Waals surface area contributed by atoms with E-state index in [1.807, 2.05) is 46.1 Å². The lowest BCUT2D eigenvalue weighted by atomic mass is 9.97. The molecular weight excluding hydrogens is 1730 g/mol. The second-order valence-corrected chi connectivity index (χ2v) is 41.0. The molecule has 34 rings (SSSR count). The molecule has 24 aromatic carbocycles. The van der Waals surface area contributed by atoms with Crippen LogP contribution in [0, 0.1) is 0 Å². The number of aromatic amines is 1. The highest BCUT2D eigenvalue weighted by Gasteiger charge is 2.28. The number of hydrogen-bond acceptors (Lipinski definition) is 5. The number of aromatic nitrogens is 1. The van der Waals surface area contributed by atoms with Crippen LogP contribution in [0.15, 0.2) is 433 Å². The summed E-state index contributed by atoms with van der Waals surface area (Å²) < 4.78 is 20.8. The Kier molecular flexibility index (Phi) is 17.2. The molecule has 138 heavy (non-hydrogen) atoms. The minimum absolute atomic E-state index is 0.938. The van der Waals surface area contributed by atoms with Crippen LogP contribution >= 0.6 is 34.0 Å². The standard InChI is InChI=1S/C30H17NO.C29H18S.C27H16S.C23H14O.C23H14S/c1-3-7-20-17(5-1)9-12-22-25-16-24-19(15-26(25)31-29(20)22)11-14-27-28(24)23-13-10-18-6-2-4-8-21(18)30(23)32-27;1-2-6-18(7-3-1)19-10-11-20-14-22-15-21-12-13-24-23-8-4-5-9-28(23)30-29(24)27(21)17-26(22)25(20)16-19;1-2-6-17-14-23-19(11-16(17)5-1)13-20-12-18-9-10-22-21-7-3-4-8-26(21)28-27(22)25(18)15-24(20)23;1-2-6-17-14(5-1)11-16-12-15-9-10-22-23(20(15)13-19(16)17)18-7-3-4-8-21(18)24-22;1-2-6-17-14(5-1)11-16-12-15-9-10-19-18-7-3-4-8-22(18)24-23(19)21(15)13-20(16)17/h1-16,31H;1-13,15-17H,14H2;1-12,14-15H,13H2;2*1-10,12-13H,11H2. The molecule has 1 N–H and O–H groups in total. The maximum Gasteiger partial charge on any atom is 0.143 e. The van der Waals surface area contributed by atoms with E-state index in [1.54, 1.807) is 0 Å². The summed E-state index contributed by atoms with van der Waals surface area (Å²) >= 11 is 5.76. The summed E-state index contributed by atoms with van der Waals surface area (Å²) in [6.45, 7) is 0. The molecule has 3 nitrogen and oxygen atoms in total. The first kappa shape index (κ1) is 77.8. The van der Waals surface area contributed by atoms with E-state index in [0.717, 1.165) is 53.4 Å². The quantitative estimate of drug-likeness (QED) is 0.178. The largest absolute Gasteiger partial charge is 0.456 e. The molecule has 0 fully saturated rings. The van der Waals surface area contributed by atoms with E-state index in [2.05, 4.69) is 417 Å². The number of nitrogens with one attached hydrogen (secondary N) is 1. The fraction of sp³-hybridized carbons (Fsp3) is 0.0303. The maximum atomic E-state index is 6.40. The predicted molar refractivity (Wildman–Crippen MR) is 593 cm³/mol. The molecule has 0 aliphatic heterocycles. The first-order valence-corrected chi connectivity index (χ1v) is 50.2. The van der Waals surface area contributed by atoms with Gasteiger partial charge in [-0.1, -0.05) is 334 Å². The van der Waals surface area contributed by atoms with Crippen molar-refractivity contribution in [2.75, 3.05) is 0 Å². The van der Waals surface area contributed by atoms with Crippen LogP contribution < -0.4 is 0 Å². The van der Waals surface area contributed by atoms with Gasteiger partial charge >= 0.3 is 0 Å². The summed E-state index contributed by atoms with van der Waals surface area (Å²) in [5.41, 5.74) is 31.5. The van der Waals surface area contributed by atoms with Crippen molar-refractivity contribution in [3.05, 3.63) is 469 Å². The molecule has 0 unspecified atom stereocenters. The topological polar surface area (TPSA) is 42.1 Å². The Hall–Kier alpha value is -16.6. The Balaban J connectivity index is 0.0000000818. The monoisotopic (exact) mass is 1810 g/mol. The van der Waals surface area contributed by atoms with Gasteiger partial charge in [-0.25, -0.2) is 0 Å². The molecule has 642 valence electrons. The van der Waals surface area contributed by atoms with Crippen molar-refractivity contribution in [2.45, 2.75) is 25.7 Å². The van der Waals surface area contributed by atoms with Gasteiger partial charge in [-0.3, -0.25) is 0 Å². The Morgan fingerprint density at radius 2 is 0.558 bits per heavy atom. The van der Waals surface area contributed by atoms with Gasteiger partial charge in [0, 0.05) is 125 Å². The van der Waals surface area contributed by atoms with Gasteiger partial charge in [-0.15, -0.1) is 34.0 Å². The summed E-state index contributed by atoms with van der Waals surface area (Å²) in [6.07, 6.45) is 4.16. The summed E-state index contributed by atoms with van der Waals surface area (Å²) in [4.78, 5) is 3.69. The zero-order valence-electron chi connectivity index (χ0n) is 74.8. The summed E-state index contributed by atoms with van der Waals surface area (Å²) in [6, 6.07) is 155. The fourth-order valence-electron chi connectivity index (χ4n) is 23.7. The molecule has 0 amide bonds. The molecule has 0 radical (unpaired) electrons. The van der Waals surface area contributed by atoms with Crippen LogP contribution in [0.1, 0.15) is 44.5 Å². The van der Waals surface area contributed by atoms with Crippen LogP contribution in [0.2, 0.25) is 0 Å². The SMILES string of the molecule is c1ccc(-c2ccc3c(c2)-c2cc4c(ccc5c6ccccc6sc45)cc2C3)cc1.c1ccc2c(c1)Cc1cc3ccc4c5ccccc5sc4c3cc1-2.c1ccc2c(c1)Cc1cc3ccc4oc5ccccc5c4c3cc1-2.c1ccc2c(c1)ccc1c3cc4c(ccc5oc6c7ccccc7ccc6c54)cc3[nH]c21.c1ccc2cc3c(cc2c1)Cc1cc2ccc4c5ccccc5sc4c2cc1-3. The molecular formula is C132H79NO2S3. The van der Waals surface area contributed by atoms with E-state index in [0.29, 0.717) is 0 Å². The third kappa shape index (κ3) is 12.2. The third-order valence-corrected chi connectivity index (χ3v) is 33.9. The molecule has 0 atom stereocenters. The van der Waals surface area contributed by atoms with E-state index in [1.165, 1.54) is 285 Å². The van der Waals surface area contributed by atoms with Gasteiger partial charge in [0.25, 0.3) is 0 Å². The highest BCUT2D eigenvalue weighted by molar-refractivity contribution is 7.27.